The smallest absolute Gasteiger partial charge is 0.413 e. The molecule has 4 nitrogen and oxygen atoms in total. The van der Waals surface area contributed by atoms with Crippen molar-refractivity contribution in [1.82, 2.24) is 0 Å². The highest BCUT2D eigenvalue weighted by molar-refractivity contribution is 14.1. The molecule has 1 aromatic carbocycles. The van der Waals surface area contributed by atoms with E-state index in [1.165, 1.54) is 0 Å². The van der Waals surface area contributed by atoms with Gasteiger partial charge in [0.15, 0.2) is 5.60 Å². The summed E-state index contributed by atoms with van der Waals surface area (Å²) < 4.78 is 13.2. The average Bonchev–Trinajstić information content (AvgIpc) is 2.31. The molecule has 102 valence electrons. The summed E-state index contributed by atoms with van der Waals surface area (Å²) >= 11 is 1.91. The lowest BCUT2D eigenvalue weighted by atomic mass is 10.1. The molecule has 0 spiro atoms. The zero-order valence-electron chi connectivity index (χ0n) is 11.1. The normalized spacial score (nSPS) is 10.1. The van der Waals surface area contributed by atoms with Gasteiger partial charge in [-0.3, -0.25) is 5.32 Å². The van der Waals surface area contributed by atoms with Crippen LogP contribution in [0.25, 0.3) is 0 Å². The third-order valence-electron chi connectivity index (χ3n) is 2.11. The minimum Gasteiger partial charge on any atom is -0.494 e. The molecule has 0 unspecified atom stereocenters. The van der Waals surface area contributed by atoms with Gasteiger partial charge in [-0.05, 0) is 54.9 Å². The molecule has 1 aromatic rings. The number of hydrogen-bond donors (Lipinski definition) is 1. The van der Waals surface area contributed by atoms with Gasteiger partial charge in [0.25, 0.3) is 0 Å². The molecule has 1 amide bonds. The van der Waals surface area contributed by atoms with Gasteiger partial charge in [0.2, 0.25) is 0 Å². The van der Waals surface area contributed by atoms with Gasteiger partial charge < -0.3 is 9.47 Å². The maximum atomic E-state index is 11.7. The quantitative estimate of drug-likeness (QED) is 0.645. The van der Waals surface area contributed by atoms with E-state index in [-0.39, 0.29) is 0 Å². The molecule has 5 heteroatoms. The predicted octanol–water partition coefficient (Wildman–Crippen LogP) is 3.81. The highest BCUT2D eigenvalue weighted by Crippen LogP contribution is 2.17. The maximum absolute atomic E-state index is 11.7. The van der Waals surface area contributed by atoms with Crippen LogP contribution in [-0.4, -0.2) is 18.3 Å². The van der Waals surface area contributed by atoms with E-state index in [0.717, 1.165) is 5.75 Å². The molecule has 1 N–H and O–H groups in total. The fourth-order valence-electron chi connectivity index (χ4n) is 1.32. The van der Waals surface area contributed by atoms with E-state index < -0.39 is 11.7 Å². The van der Waals surface area contributed by atoms with E-state index >= 15 is 0 Å². The molecular weight excluding hydrogens is 357 g/mol. The second kappa shape index (κ2) is 7.24. The fourth-order valence-corrected chi connectivity index (χ4v) is 1.97. The minimum absolute atomic E-state index is 0.534. The highest BCUT2D eigenvalue weighted by atomic mass is 127. The van der Waals surface area contributed by atoms with Crippen molar-refractivity contribution in [3.05, 3.63) is 24.3 Å². The molecule has 1 rings (SSSR count). The molecule has 19 heavy (non-hydrogen) atoms. The molecule has 0 atom stereocenters. The Morgan fingerprint density at radius 2 is 2.00 bits per heavy atom. The van der Waals surface area contributed by atoms with Gasteiger partial charge >= 0.3 is 6.09 Å². The second-order valence-electron chi connectivity index (χ2n) is 4.20. The van der Waals surface area contributed by atoms with Crippen LogP contribution in [0.4, 0.5) is 10.5 Å². The van der Waals surface area contributed by atoms with Crippen LogP contribution in [0, 0.1) is 9.85 Å². The summed E-state index contributed by atoms with van der Waals surface area (Å²) in [6, 6.07) is 7.08. The standard InChI is InChI=1S/C14H16INO3/c1-4-18-12-7-5-11(6-8-12)16-13(17)19-14(2,3)9-10-15/h5-8H,4H2,1-3H3,(H,16,17). The first kappa shape index (κ1) is 15.6. The number of hydrogen-bond acceptors (Lipinski definition) is 3. The van der Waals surface area contributed by atoms with E-state index in [9.17, 15) is 4.79 Å². The largest absolute Gasteiger partial charge is 0.494 e. The van der Waals surface area contributed by atoms with Crippen molar-refractivity contribution in [2.45, 2.75) is 26.4 Å². The number of benzene rings is 1. The van der Waals surface area contributed by atoms with E-state index in [1.807, 2.05) is 29.5 Å². The van der Waals surface area contributed by atoms with Crippen LogP contribution in [0.3, 0.4) is 0 Å². The SMILES string of the molecule is CCOc1ccc(NC(=O)OC(C)(C)C#CI)cc1. The van der Waals surface area contributed by atoms with Gasteiger partial charge in [0.1, 0.15) is 5.75 Å². The van der Waals surface area contributed by atoms with Crippen molar-refractivity contribution in [2.24, 2.45) is 0 Å². The van der Waals surface area contributed by atoms with Crippen molar-refractivity contribution in [1.29, 1.82) is 0 Å². The topological polar surface area (TPSA) is 47.6 Å². The Bertz CT molecular complexity index is 486. The molecule has 0 fully saturated rings. The van der Waals surface area contributed by atoms with Crippen molar-refractivity contribution in [3.63, 3.8) is 0 Å². The zero-order valence-corrected chi connectivity index (χ0v) is 13.3. The van der Waals surface area contributed by atoms with Gasteiger partial charge in [-0.2, -0.15) is 0 Å². The Morgan fingerprint density at radius 3 is 2.53 bits per heavy atom. The molecule has 0 aliphatic carbocycles. The Hall–Kier alpha value is -1.42. The van der Waals surface area contributed by atoms with Crippen LogP contribution in [0.5, 0.6) is 5.75 Å². The van der Waals surface area contributed by atoms with Gasteiger partial charge in [-0.1, -0.05) is 0 Å². The lowest BCUT2D eigenvalue weighted by molar-refractivity contribution is 0.0906. The molecular formula is C14H16INO3. The molecule has 0 heterocycles. The molecule has 0 saturated heterocycles. The summed E-state index contributed by atoms with van der Waals surface area (Å²) in [4.78, 5) is 11.7. The van der Waals surface area contributed by atoms with Crippen LogP contribution >= 0.6 is 22.6 Å². The Morgan fingerprint density at radius 1 is 1.37 bits per heavy atom. The molecule has 0 saturated carbocycles. The number of carbonyl (C=O) groups is 1. The van der Waals surface area contributed by atoms with Crippen molar-refractivity contribution >= 4 is 34.4 Å². The lowest BCUT2D eigenvalue weighted by Gasteiger charge is -2.18. The summed E-state index contributed by atoms with van der Waals surface area (Å²) in [6.07, 6.45) is -0.534. The monoisotopic (exact) mass is 373 g/mol. The van der Waals surface area contributed by atoms with E-state index in [2.05, 4.69) is 15.2 Å². The number of anilines is 1. The summed E-state index contributed by atoms with van der Waals surface area (Å²) in [7, 11) is 0. The lowest BCUT2D eigenvalue weighted by Crippen LogP contribution is -2.29. The van der Waals surface area contributed by atoms with E-state index in [4.69, 9.17) is 9.47 Å². The van der Waals surface area contributed by atoms with Crippen LogP contribution in [0.1, 0.15) is 20.8 Å². The van der Waals surface area contributed by atoms with Crippen molar-refractivity contribution in [3.8, 4) is 15.6 Å². The summed E-state index contributed by atoms with van der Waals surface area (Å²) in [5.41, 5.74) is -0.164. The van der Waals surface area contributed by atoms with Crippen molar-refractivity contribution < 1.29 is 14.3 Å². The van der Waals surface area contributed by atoms with Gasteiger partial charge in [-0.25, -0.2) is 4.79 Å². The average molecular weight is 373 g/mol. The number of halogens is 1. The predicted molar refractivity (Wildman–Crippen MR) is 83.6 cm³/mol. The number of nitrogens with one attached hydrogen (secondary N) is 1. The van der Waals surface area contributed by atoms with Gasteiger partial charge in [0, 0.05) is 28.3 Å². The van der Waals surface area contributed by atoms with Crippen molar-refractivity contribution in [2.75, 3.05) is 11.9 Å². The first-order chi connectivity index (χ1) is 8.96. The number of carbonyl (C=O) groups excluding carboxylic acids is 1. The number of ether oxygens (including phenoxy) is 2. The Kier molecular flexibility index (Phi) is 5.96. The van der Waals surface area contributed by atoms with Crippen LogP contribution in [-0.2, 0) is 4.74 Å². The summed E-state index contributed by atoms with van der Waals surface area (Å²) in [6.45, 7) is 5.99. The summed E-state index contributed by atoms with van der Waals surface area (Å²) in [5, 5.41) is 2.64. The second-order valence-corrected chi connectivity index (χ2v) is 4.74. The first-order valence-corrected chi connectivity index (χ1v) is 6.90. The van der Waals surface area contributed by atoms with E-state index in [0.29, 0.717) is 12.3 Å². The number of amides is 1. The van der Waals surface area contributed by atoms with Gasteiger partial charge in [-0.15, -0.1) is 0 Å². The molecule has 0 radical (unpaired) electrons. The third kappa shape index (κ3) is 5.83. The first-order valence-electron chi connectivity index (χ1n) is 5.82. The minimum atomic E-state index is -0.809. The molecule has 0 bridgehead atoms. The number of rotatable bonds is 4. The fraction of sp³-hybridized carbons (Fsp3) is 0.357. The third-order valence-corrected chi connectivity index (χ3v) is 2.38. The maximum Gasteiger partial charge on any atom is 0.413 e. The van der Waals surface area contributed by atoms with Crippen LogP contribution in [0.15, 0.2) is 24.3 Å². The van der Waals surface area contributed by atoms with E-state index in [1.54, 1.807) is 38.1 Å². The van der Waals surface area contributed by atoms with Crippen LogP contribution < -0.4 is 10.1 Å². The van der Waals surface area contributed by atoms with Crippen LogP contribution in [0.2, 0.25) is 0 Å². The molecule has 0 aliphatic rings. The highest BCUT2D eigenvalue weighted by Gasteiger charge is 2.19. The Balaban J connectivity index is 2.59. The van der Waals surface area contributed by atoms with Gasteiger partial charge in [0.05, 0.1) is 6.61 Å². The zero-order chi connectivity index (χ0) is 14.3. The Labute approximate surface area is 127 Å². The summed E-state index contributed by atoms with van der Waals surface area (Å²) in [5.74, 6) is 3.56. The molecule has 0 aliphatic heterocycles. The molecule has 0 aromatic heterocycles.